The molecule has 0 aliphatic rings. The third-order valence-corrected chi connectivity index (χ3v) is 11.3. The SMILES string of the molecule is c1ccc(-c2nc(-c3cccc(-n4c5ccccc5c5ccc6c(c7ccccc7n6-c6ccccc6)c54)c3)nc3c2sc2ccccc23)cc1. The van der Waals surface area contributed by atoms with Crippen LogP contribution < -0.4 is 0 Å². The van der Waals surface area contributed by atoms with Gasteiger partial charge in [-0.25, -0.2) is 9.97 Å². The molecule has 0 spiro atoms. The standard InChI is InChI=1S/C46H28N4S/c1-3-14-29(15-4-1)42-45-43(36-22-9-12-25-40(36)51-45)48-46(47-42)30-16-13-19-32(28-30)50-37-23-10-7-20-33(37)34-26-27-39-41(44(34)50)35-21-8-11-24-38(35)49(39)31-17-5-2-6-18-31/h1-28H. The normalized spacial score (nSPS) is 11.9. The van der Waals surface area contributed by atoms with Gasteiger partial charge in [0.2, 0.25) is 0 Å². The van der Waals surface area contributed by atoms with E-state index in [1.807, 2.05) is 0 Å². The summed E-state index contributed by atoms with van der Waals surface area (Å²) < 4.78 is 7.16. The molecule has 0 atom stereocenters. The van der Waals surface area contributed by atoms with E-state index in [1.54, 1.807) is 11.3 Å². The maximum Gasteiger partial charge on any atom is 0.160 e. The summed E-state index contributed by atoms with van der Waals surface area (Å²) in [5.41, 5.74) is 11.0. The first-order valence-electron chi connectivity index (χ1n) is 17.2. The monoisotopic (exact) mass is 668 g/mol. The molecule has 0 unspecified atom stereocenters. The second-order valence-electron chi connectivity index (χ2n) is 13.0. The van der Waals surface area contributed by atoms with Crippen molar-refractivity contribution in [3.05, 3.63) is 170 Å². The van der Waals surface area contributed by atoms with Gasteiger partial charge in [-0.15, -0.1) is 11.3 Å². The van der Waals surface area contributed by atoms with Crippen molar-refractivity contribution in [1.29, 1.82) is 0 Å². The van der Waals surface area contributed by atoms with Gasteiger partial charge in [0, 0.05) is 54.1 Å². The minimum absolute atomic E-state index is 0.721. The quantitative estimate of drug-likeness (QED) is 0.187. The summed E-state index contributed by atoms with van der Waals surface area (Å²) in [6, 6.07) is 60.5. The Morgan fingerprint density at radius 3 is 1.90 bits per heavy atom. The van der Waals surface area contributed by atoms with Crippen LogP contribution >= 0.6 is 11.3 Å². The molecule has 4 heterocycles. The van der Waals surface area contributed by atoms with Crippen LogP contribution in [0.25, 0.3) is 97.9 Å². The molecule has 0 bridgehead atoms. The van der Waals surface area contributed by atoms with Gasteiger partial charge in [-0.05, 0) is 48.5 Å². The van der Waals surface area contributed by atoms with E-state index in [4.69, 9.17) is 9.97 Å². The van der Waals surface area contributed by atoms with Crippen LogP contribution in [0.3, 0.4) is 0 Å². The largest absolute Gasteiger partial charge is 0.309 e. The van der Waals surface area contributed by atoms with Gasteiger partial charge in [0.05, 0.1) is 38.0 Å². The Bertz CT molecular complexity index is 3130. The van der Waals surface area contributed by atoms with Gasteiger partial charge in [0.1, 0.15) is 0 Å². The van der Waals surface area contributed by atoms with Crippen LogP contribution in [-0.2, 0) is 0 Å². The molecule has 0 aliphatic carbocycles. The molecular weight excluding hydrogens is 641 g/mol. The molecular formula is C46H28N4S. The first-order valence-corrected chi connectivity index (χ1v) is 18.0. The number of hydrogen-bond donors (Lipinski definition) is 0. The Balaban J connectivity index is 1.21. The smallest absolute Gasteiger partial charge is 0.160 e. The van der Waals surface area contributed by atoms with Crippen molar-refractivity contribution < 1.29 is 0 Å². The lowest BCUT2D eigenvalue weighted by Gasteiger charge is -2.12. The molecule has 11 rings (SSSR count). The Morgan fingerprint density at radius 1 is 0.431 bits per heavy atom. The summed E-state index contributed by atoms with van der Waals surface area (Å²) >= 11 is 1.76. The van der Waals surface area contributed by atoms with Crippen molar-refractivity contribution in [2.75, 3.05) is 0 Å². The van der Waals surface area contributed by atoms with Crippen LogP contribution in [-0.4, -0.2) is 19.1 Å². The second kappa shape index (κ2) is 11.0. The minimum Gasteiger partial charge on any atom is -0.309 e. The van der Waals surface area contributed by atoms with Gasteiger partial charge in [-0.3, -0.25) is 0 Å². The number of aromatic nitrogens is 4. The molecule has 0 saturated carbocycles. The molecule has 0 fully saturated rings. The number of thiophene rings is 1. The van der Waals surface area contributed by atoms with Gasteiger partial charge in [-0.2, -0.15) is 0 Å². The Morgan fingerprint density at radius 2 is 1.08 bits per heavy atom. The van der Waals surface area contributed by atoms with E-state index < -0.39 is 0 Å². The molecule has 7 aromatic carbocycles. The van der Waals surface area contributed by atoms with Gasteiger partial charge in [-0.1, -0.05) is 121 Å². The van der Waals surface area contributed by atoms with Crippen molar-refractivity contribution in [3.8, 4) is 34.0 Å². The fourth-order valence-electron chi connectivity index (χ4n) is 7.93. The van der Waals surface area contributed by atoms with Crippen LogP contribution in [0.2, 0.25) is 0 Å². The number of para-hydroxylation sites is 3. The van der Waals surface area contributed by atoms with E-state index in [0.29, 0.717) is 0 Å². The maximum atomic E-state index is 5.30. The highest BCUT2D eigenvalue weighted by Gasteiger charge is 2.22. The predicted octanol–water partition coefficient (Wildman–Crippen LogP) is 12.4. The fourth-order valence-corrected chi connectivity index (χ4v) is 9.08. The third-order valence-electron chi connectivity index (χ3n) is 10.1. The van der Waals surface area contributed by atoms with Crippen LogP contribution in [0, 0.1) is 0 Å². The van der Waals surface area contributed by atoms with E-state index in [-0.39, 0.29) is 0 Å². The zero-order valence-electron chi connectivity index (χ0n) is 27.4. The first kappa shape index (κ1) is 28.3. The molecule has 0 amide bonds. The maximum absolute atomic E-state index is 5.30. The first-order chi connectivity index (χ1) is 25.3. The van der Waals surface area contributed by atoms with Crippen molar-refractivity contribution in [2.45, 2.75) is 0 Å². The molecule has 4 aromatic heterocycles. The molecule has 4 nitrogen and oxygen atoms in total. The Hall–Kier alpha value is -6.56. The molecule has 0 aliphatic heterocycles. The highest BCUT2D eigenvalue weighted by atomic mass is 32.1. The lowest BCUT2D eigenvalue weighted by molar-refractivity contribution is 1.17. The van der Waals surface area contributed by atoms with E-state index in [9.17, 15) is 0 Å². The zero-order chi connectivity index (χ0) is 33.5. The van der Waals surface area contributed by atoms with E-state index >= 15 is 0 Å². The third kappa shape index (κ3) is 4.19. The topological polar surface area (TPSA) is 35.6 Å². The van der Waals surface area contributed by atoms with Crippen molar-refractivity contribution in [3.63, 3.8) is 0 Å². The van der Waals surface area contributed by atoms with Gasteiger partial charge in [0.25, 0.3) is 0 Å². The van der Waals surface area contributed by atoms with Crippen molar-refractivity contribution >= 4 is 75.3 Å². The molecule has 11 aromatic rings. The zero-order valence-corrected chi connectivity index (χ0v) is 28.2. The number of nitrogens with zero attached hydrogens (tertiary/aromatic N) is 4. The summed E-state index contributed by atoms with van der Waals surface area (Å²) in [7, 11) is 0. The Kier molecular flexibility index (Phi) is 6.09. The molecule has 0 radical (unpaired) electrons. The summed E-state index contributed by atoms with van der Waals surface area (Å²) in [6.45, 7) is 0. The molecule has 238 valence electrons. The molecule has 0 saturated heterocycles. The number of benzene rings is 7. The van der Waals surface area contributed by atoms with Crippen LogP contribution in [0.1, 0.15) is 0 Å². The summed E-state index contributed by atoms with van der Waals surface area (Å²) in [5.74, 6) is 0.721. The minimum atomic E-state index is 0.721. The molecule has 51 heavy (non-hydrogen) atoms. The van der Waals surface area contributed by atoms with Crippen molar-refractivity contribution in [2.24, 2.45) is 0 Å². The average Bonchev–Trinajstić information content (AvgIpc) is 3.86. The average molecular weight is 669 g/mol. The fraction of sp³-hybridized carbons (Fsp3) is 0. The number of rotatable bonds is 4. The number of hydrogen-bond acceptors (Lipinski definition) is 3. The Labute approximate surface area is 297 Å². The van der Waals surface area contributed by atoms with Crippen LogP contribution in [0.4, 0.5) is 0 Å². The van der Waals surface area contributed by atoms with Crippen LogP contribution in [0.15, 0.2) is 170 Å². The van der Waals surface area contributed by atoms with Crippen LogP contribution in [0.5, 0.6) is 0 Å². The second-order valence-corrected chi connectivity index (χ2v) is 14.0. The summed E-state index contributed by atoms with van der Waals surface area (Å²) in [6.07, 6.45) is 0. The predicted molar refractivity (Wildman–Crippen MR) is 214 cm³/mol. The lowest BCUT2D eigenvalue weighted by Crippen LogP contribution is -1.97. The van der Waals surface area contributed by atoms with Gasteiger partial charge < -0.3 is 9.13 Å². The summed E-state index contributed by atoms with van der Waals surface area (Å²) in [4.78, 5) is 10.6. The highest BCUT2D eigenvalue weighted by molar-refractivity contribution is 7.26. The highest BCUT2D eigenvalue weighted by Crippen LogP contribution is 2.43. The van der Waals surface area contributed by atoms with Gasteiger partial charge >= 0.3 is 0 Å². The van der Waals surface area contributed by atoms with E-state index in [1.165, 1.54) is 48.3 Å². The molecule has 5 heteroatoms. The summed E-state index contributed by atoms with van der Waals surface area (Å²) in [5, 5.41) is 6.09. The lowest BCUT2D eigenvalue weighted by atomic mass is 10.1. The van der Waals surface area contributed by atoms with E-state index in [0.717, 1.165) is 49.6 Å². The van der Waals surface area contributed by atoms with Gasteiger partial charge in [0.15, 0.2) is 5.82 Å². The number of fused-ring (bicyclic) bond motifs is 10. The molecule has 0 N–H and O–H groups in total. The van der Waals surface area contributed by atoms with E-state index in [2.05, 4.69) is 179 Å². The van der Waals surface area contributed by atoms with Crippen molar-refractivity contribution in [1.82, 2.24) is 19.1 Å².